The van der Waals surface area contributed by atoms with Gasteiger partial charge in [-0.3, -0.25) is 4.79 Å². The number of carbonyl (C=O) groups excluding carboxylic acids is 1. The maximum Gasteiger partial charge on any atom is 0.255 e. The average Bonchev–Trinajstić information content (AvgIpc) is 3.08. The van der Waals surface area contributed by atoms with E-state index in [1.807, 2.05) is 0 Å². The molecule has 1 amide bonds. The lowest BCUT2D eigenvalue weighted by molar-refractivity contribution is 0.102. The largest absolute Gasteiger partial charge is 0.493 e. The van der Waals surface area contributed by atoms with Crippen molar-refractivity contribution in [1.82, 2.24) is 14.8 Å². The van der Waals surface area contributed by atoms with E-state index in [2.05, 4.69) is 33.9 Å². The van der Waals surface area contributed by atoms with Crippen molar-refractivity contribution < 1.29 is 18.7 Å². The monoisotopic (exact) mass is 466 g/mol. The van der Waals surface area contributed by atoms with E-state index in [0.717, 1.165) is 44.5 Å². The van der Waals surface area contributed by atoms with Crippen molar-refractivity contribution in [3.05, 3.63) is 53.6 Å². The summed E-state index contributed by atoms with van der Waals surface area (Å²) >= 11 is 0. The van der Waals surface area contributed by atoms with Crippen molar-refractivity contribution in [2.45, 2.75) is 52.5 Å². The number of fused-ring (bicyclic) bond motifs is 1. The second kappa shape index (κ2) is 10.7. The third-order valence-corrected chi connectivity index (χ3v) is 5.96. The van der Waals surface area contributed by atoms with E-state index < -0.39 is 11.7 Å². The molecule has 1 N–H and O–H groups in total. The third-order valence-electron chi connectivity index (χ3n) is 5.96. The van der Waals surface area contributed by atoms with E-state index in [1.165, 1.54) is 13.2 Å². The zero-order valence-corrected chi connectivity index (χ0v) is 19.9. The number of hydrogen-bond acceptors (Lipinski definition) is 5. The van der Waals surface area contributed by atoms with E-state index in [0.29, 0.717) is 41.0 Å². The first-order chi connectivity index (χ1) is 16.5. The summed E-state index contributed by atoms with van der Waals surface area (Å²) in [6.07, 6.45) is 5.10. The van der Waals surface area contributed by atoms with Gasteiger partial charge < -0.3 is 19.4 Å². The molecule has 2 aromatic carbocycles. The number of hydrogen-bond donors (Lipinski definition) is 1. The molecule has 0 saturated carbocycles. The quantitative estimate of drug-likeness (QED) is 0.475. The van der Waals surface area contributed by atoms with Gasteiger partial charge >= 0.3 is 0 Å². The SMILES string of the molecule is COc1cc(C(=O)Nc2cc(-c3nnc4n3CCCCC4)ccc2F)ccc1OCCC(C)C. The topological polar surface area (TPSA) is 78.3 Å². The molecule has 0 saturated heterocycles. The zero-order valence-electron chi connectivity index (χ0n) is 19.9. The first-order valence-corrected chi connectivity index (χ1v) is 11.8. The maximum atomic E-state index is 14.6. The number of nitrogens with one attached hydrogen (secondary N) is 1. The van der Waals surface area contributed by atoms with Crippen LogP contribution in [0, 0.1) is 11.7 Å². The lowest BCUT2D eigenvalue weighted by Gasteiger charge is -2.14. The Kier molecular flexibility index (Phi) is 7.45. The average molecular weight is 467 g/mol. The van der Waals surface area contributed by atoms with Crippen LogP contribution in [0.3, 0.4) is 0 Å². The number of benzene rings is 2. The number of halogens is 1. The standard InChI is InChI=1S/C26H31FN4O3/c1-17(2)12-14-34-22-11-9-19(16-23(22)33-3)26(32)28-21-15-18(8-10-20(21)27)25-30-29-24-7-5-4-6-13-31(24)25/h8-11,15-17H,4-7,12-14H2,1-3H3,(H,28,32). The van der Waals surface area contributed by atoms with Crippen molar-refractivity contribution in [2.75, 3.05) is 19.0 Å². The first kappa shape index (κ1) is 23.7. The number of amides is 1. The van der Waals surface area contributed by atoms with E-state index in [-0.39, 0.29) is 5.69 Å². The van der Waals surface area contributed by atoms with Gasteiger partial charge in [0.05, 0.1) is 19.4 Å². The predicted molar refractivity (Wildman–Crippen MR) is 129 cm³/mol. The van der Waals surface area contributed by atoms with Crippen LogP contribution in [-0.2, 0) is 13.0 Å². The van der Waals surface area contributed by atoms with E-state index in [9.17, 15) is 9.18 Å². The maximum absolute atomic E-state index is 14.6. The molecule has 0 unspecified atom stereocenters. The van der Waals surface area contributed by atoms with Crippen LogP contribution in [0.5, 0.6) is 11.5 Å². The molecule has 0 fully saturated rings. The van der Waals surface area contributed by atoms with Crippen LogP contribution in [-0.4, -0.2) is 34.4 Å². The molecule has 3 aromatic rings. The number of aryl methyl sites for hydroxylation is 1. The minimum absolute atomic E-state index is 0.0877. The van der Waals surface area contributed by atoms with Gasteiger partial charge in [0.2, 0.25) is 0 Å². The van der Waals surface area contributed by atoms with Gasteiger partial charge in [-0.1, -0.05) is 20.3 Å². The number of methoxy groups -OCH3 is 1. The number of aromatic nitrogens is 3. The molecule has 0 radical (unpaired) electrons. The number of ether oxygens (including phenoxy) is 2. The molecule has 34 heavy (non-hydrogen) atoms. The summed E-state index contributed by atoms with van der Waals surface area (Å²) in [7, 11) is 1.52. The highest BCUT2D eigenvalue weighted by molar-refractivity contribution is 6.05. The van der Waals surface area contributed by atoms with Crippen LogP contribution in [0.1, 0.15) is 55.7 Å². The molecule has 8 heteroatoms. The van der Waals surface area contributed by atoms with E-state index in [1.54, 1.807) is 30.3 Å². The summed E-state index contributed by atoms with van der Waals surface area (Å²) in [6.45, 7) is 5.65. The Balaban J connectivity index is 1.53. The lowest BCUT2D eigenvalue weighted by atomic mass is 10.1. The fraction of sp³-hybridized carbons (Fsp3) is 0.423. The summed E-state index contributed by atoms with van der Waals surface area (Å²) in [5.41, 5.74) is 1.14. The molecule has 0 atom stereocenters. The Hall–Kier alpha value is -3.42. The fourth-order valence-corrected chi connectivity index (χ4v) is 3.99. The molecule has 1 aliphatic heterocycles. The summed E-state index contributed by atoms with van der Waals surface area (Å²) < 4.78 is 27.9. The Bertz CT molecular complexity index is 1160. The van der Waals surface area contributed by atoms with Gasteiger partial charge in [0.15, 0.2) is 17.3 Å². The normalized spacial score (nSPS) is 13.3. The molecule has 1 aromatic heterocycles. The molecular weight excluding hydrogens is 435 g/mol. The van der Waals surface area contributed by atoms with Crippen LogP contribution >= 0.6 is 0 Å². The summed E-state index contributed by atoms with van der Waals surface area (Å²) in [4.78, 5) is 12.9. The Morgan fingerprint density at radius 3 is 2.76 bits per heavy atom. The van der Waals surface area contributed by atoms with Crippen molar-refractivity contribution in [3.8, 4) is 22.9 Å². The van der Waals surface area contributed by atoms with Gasteiger partial charge in [-0.15, -0.1) is 10.2 Å². The van der Waals surface area contributed by atoms with Crippen LogP contribution in [0.15, 0.2) is 36.4 Å². The van der Waals surface area contributed by atoms with Gasteiger partial charge in [0.1, 0.15) is 11.6 Å². The minimum Gasteiger partial charge on any atom is -0.493 e. The third kappa shape index (κ3) is 5.38. The summed E-state index contributed by atoms with van der Waals surface area (Å²) in [5, 5.41) is 11.3. The molecule has 180 valence electrons. The molecular formula is C26H31FN4O3. The molecule has 1 aliphatic rings. The second-order valence-corrected chi connectivity index (χ2v) is 8.95. The van der Waals surface area contributed by atoms with Gasteiger partial charge in [-0.05, 0) is 61.6 Å². The van der Waals surface area contributed by atoms with Gasteiger partial charge in [-0.25, -0.2) is 4.39 Å². The highest BCUT2D eigenvalue weighted by Crippen LogP contribution is 2.30. The zero-order chi connectivity index (χ0) is 24.1. The fourth-order valence-electron chi connectivity index (χ4n) is 3.99. The Morgan fingerprint density at radius 1 is 1.12 bits per heavy atom. The van der Waals surface area contributed by atoms with E-state index >= 15 is 0 Å². The molecule has 0 bridgehead atoms. The highest BCUT2D eigenvalue weighted by Gasteiger charge is 2.18. The molecule has 0 spiro atoms. The second-order valence-electron chi connectivity index (χ2n) is 8.95. The Labute approximate surface area is 199 Å². The van der Waals surface area contributed by atoms with Crippen LogP contribution in [0.4, 0.5) is 10.1 Å². The molecule has 2 heterocycles. The number of rotatable bonds is 8. The van der Waals surface area contributed by atoms with Crippen LogP contribution in [0.2, 0.25) is 0 Å². The number of anilines is 1. The predicted octanol–water partition coefficient (Wildman–Crippen LogP) is 5.50. The Morgan fingerprint density at radius 2 is 1.97 bits per heavy atom. The van der Waals surface area contributed by atoms with Crippen molar-refractivity contribution in [2.24, 2.45) is 5.92 Å². The van der Waals surface area contributed by atoms with Gasteiger partial charge in [-0.2, -0.15) is 0 Å². The summed E-state index contributed by atoms with van der Waals surface area (Å²) in [5.74, 6) is 2.23. The smallest absolute Gasteiger partial charge is 0.255 e. The van der Waals surface area contributed by atoms with Crippen LogP contribution < -0.4 is 14.8 Å². The van der Waals surface area contributed by atoms with Crippen LogP contribution in [0.25, 0.3) is 11.4 Å². The van der Waals surface area contributed by atoms with Gasteiger partial charge in [0, 0.05) is 24.1 Å². The molecule has 4 rings (SSSR count). The molecule has 0 aliphatic carbocycles. The number of nitrogens with zero attached hydrogens (tertiary/aromatic N) is 3. The summed E-state index contributed by atoms with van der Waals surface area (Å²) in [6, 6.07) is 9.56. The van der Waals surface area contributed by atoms with Crippen molar-refractivity contribution in [3.63, 3.8) is 0 Å². The van der Waals surface area contributed by atoms with Gasteiger partial charge in [0.25, 0.3) is 5.91 Å². The van der Waals surface area contributed by atoms with E-state index in [4.69, 9.17) is 9.47 Å². The minimum atomic E-state index is -0.520. The first-order valence-electron chi connectivity index (χ1n) is 11.8. The van der Waals surface area contributed by atoms with Crippen molar-refractivity contribution >= 4 is 11.6 Å². The van der Waals surface area contributed by atoms with Crippen molar-refractivity contribution in [1.29, 1.82) is 0 Å². The highest BCUT2D eigenvalue weighted by atomic mass is 19.1. The lowest BCUT2D eigenvalue weighted by Crippen LogP contribution is -2.14. The number of carbonyl (C=O) groups is 1. The molecule has 7 nitrogen and oxygen atoms in total.